The van der Waals surface area contributed by atoms with Gasteiger partial charge in [0.15, 0.2) is 11.5 Å². The molecule has 17 heavy (non-hydrogen) atoms. The molecular weight excluding hydrogens is 228 g/mol. The molecule has 0 spiro atoms. The number of carboxylic acids is 1. The van der Waals surface area contributed by atoms with Crippen molar-refractivity contribution in [2.45, 2.75) is 0 Å². The summed E-state index contributed by atoms with van der Waals surface area (Å²) in [7, 11) is 1.40. The highest BCUT2D eigenvalue weighted by molar-refractivity contribution is 5.82. The SMILES string of the molecule is COc1cc(-c2noc(C(=O)O)n2)ccc1O. The highest BCUT2D eigenvalue weighted by atomic mass is 16.5. The molecule has 0 saturated carbocycles. The molecule has 0 radical (unpaired) electrons. The lowest BCUT2D eigenvalue weighted by molar-refractivity contribution is 0.0643. The van der Waals surface area contributed by atoms with E-state index in [1.807, 2.05) is 0 Å². The van der Waals surface area contributed by atoms with E-state index < -0.39 is 11.9 Å². The van der Waals surface area contributed by atoms with E-state index in [9.17, 15) is 9.90 Å². The normalized spacial score (nSPS) is 10.2. The summed E-state index contributed by atoms with van der Waals surface area (Å²) in [5, 5.41) is 21.5. The van der Waals surface area contributed by atoms with Gasteiger partial charge in [-0.2, -0.15) is 4.98 Å². The van der Waals surface area contributed by atoms with Gasteiger partial charge in [-0.05, 0) is 18.2 Å². The summed E-state index contributed by atoms with van der Waals surface area (Å²) < 4.78 is 9.43. The molecule has 0 bridgehead atoms. The molecule has 7 heteroatoms. The number of carbonyl (C=O) groups is 1. The summed E-state index contributed by atoms with van der Waals surface area (Å²) in [6.45, 7) is 0. The fourth-order valence-corrected chi connectivity index (χ4v) is 1.24. The maximum absolute atomic E-state index is 10.6. The smallest absolute Gasteiger partial charge is 0.394 e. The second-order valence-electron chi connectivity index (χ2n) is 3.11. The van der Waals surface area contributed by atoms with E-state index in [0.29, 0.717) is 5.56 Å². The van der Waals surface area contributed by atoms with Crippen LogP contribution in [-0.2, 0) is 0 Å². The number of carboxylic acid groups (broad SMARTS) is 1. The summed E-state index contributed by atoms with van der Waals surface area (Å²) in [5.74, 6) is -1.47. The third-order valence-electron chi connectivity index (χ3n) is 2.05. The van der Waals surface area contributed by atoms with Crippen molar-refractivity contribution in [2.24, 2.45) is 0 Å². The number of aromatic nitrogens is 2. The molecule has 0 aliphatic carbocycles. The first-order valence-electron chi connectivity index (χ1n) is 4.56. The quantitative estimate of drug-likeness (QED) is 0.823. The minimum Gasteiger partial charge on any atom is -0.504 e. The van der Waals surface area contributed by atoms with Crippen LogP contribution in [-0.4, -0.2) is 33.4 Å². The molecule has 0 unspecified atom stereocenters. The van der Waals surface area contributed by atoms with Gasteiger partial charge in [-0.1, -0.05) is 5.16 Å². The van der Waals surface area contributed by atoms with Crippen molar-refractivity contribution in [1.82, 2.24) is 10.1 Å². The average molecular weight is 236 g/mol. The number of rotatable bonds is 3. The maximum atomic E-state index is 10.6. The topological polar surface area (TPSA) is 106 Å². The second-order valence-corrected chi connectivity index (χ2v) is 3.11. The number of hydrogen-bond acceptors (Lipinski definition) is 6. The Kier molecular flexibility index (Phi) is 2.65. The molecule has 2 rings (SSSR count). The molecule has 0 atom stereocenters. The summed E-state index contributed by atoms with van der Waals surface area (Å²) in [5.41, 5.74) is 0.482. The number of aromatic carboxylic acids is 1. The van der Waals surface area contributed by atoms with Crippen LogP contribution in [0.2, 0.25) is 0 Å². The lowest BCUT2D eigenvalue weighted by Gasteiger charge is -2.03. The Hall–Kier alpha value is -2.57. The van der Waals surface area contributed by atoms with Crippen molar-refractivity contribution in [3.8, 4) is 22.9 Å². The maximum Gasteiger partial charge on any atom is 0.394 e. The van der Waals surface area contributed by atoms with Crippen molar-refractivity contribution in [1.29, 1.82) is 0 Å². The highest BCUT2D eigenvalue weighted by Crippen LogP contribution is 2.30. The molecular formula is C10H8N2O5. The van der Waals surface area contributed by atoms with E-state index in [1.54, 1.807) is 0 Å². The van der Waals surface area contributed by atoms with Crippen molar-refractivity contribution in [3.63, 3.8) is 0 Å². The van der Waals surface area contributed by atoms with Gasteiger partial charge in [0.25, 0.3) is 0 Å². The van der Waals surface area contributed by atoms with Gasteiger partial charge in [-0.3, -0.25) is 0 Å². The molecule has 88 valence electrons. The van der Waals surface area contributed by atoms with Crippen LogP contribution in [0.4, 0.5) is 0 Å². The lowest BCUT2D eigenvalue weighted by Crippen LogP contribution is -1.95. The number of phenolic OH excluding ortho intramolecular Hbond substituents is 1. The fraction of sp³-hybridized carbons (Fsp3) is 0.100. The van der Waals surface area contributed by atoms with E-state index >= 15 is 0 Å². The average Bonchev–Trinajstić information content (AvgIpc) is 2.79. The molecule has 2 aromatic rings. The van der Waals surface area contributed by atoms with Crippen LogP contribution in [0.3, 0.4) is 0 Å². The first-order chi connectivity index (χ1) is 8.11. The van der Waals surface area contributed by atoms with E-state index in [-0.39, 0.29) is 17.3 Å². The summed E-state index contributed by atoms with van der Waals surface area (Å²) >= 11 is 0. The number of methoxy groups -OCH3 is 1. The minimum absolute atomic E-state index is 0.0294. The van der Waals surface area contributed by atoms with E-state index in [0.717, 1.165) is 0 Å². The van der Waals surface area contributed by atoms with E-state index in [1.165, 1.54) is 25.3 Å². The summed E-state index contributed by atoms with van der Waals surface area (Å²) in [4.78, 5) is 14.2. The zero-order chi connectivity index (χ0) is 12.4. The predicted octanol–water partition coefficient (Wildman–Crippen LogP) is 1.15. The van der Waals surface area contributed by atoms with Gasteiger partial charge in [-0.15, -0.1) is 0 Å². The van der Waals surface area contributed by atoms with Crippen LogP contribution in [0.5, 0.6) is 11.5 Å². The van der Waals surface area contributed by atoms with Gasteiger partial charge in [0.2, 0.25) is 5.82 Å². The predicted molar refractivity (Wildman–Crippen MR) is 54.9 cm³/mol. The molecule has 0 saturated heterocycles. The van der Waals surface area contributed by atoms with Gasteiger partial charge in [0, 0.05) is 5.56 Å². The number of hydrogen-bond donors (Lipinski definition) is 2. The third kappa shape index (κ3) is 2.03. The van der Waals surface area contributed by atoms with Crippen molar-refractivity contribution in [2.75, 3.05) is 7.11 Å². The molecule has 1 aromatic heterocycles. The molecule has 0 fully saturated rings. The second kappa shape index (κ2) is 4.12. The van der Waals surface area contributed by atoms with Crippen LogP contribution in [0.15, 0.2) is 22.7 Å². The highest BCUT2D eigenvalue weighted by Gasteiger charge is 2.15. The summed E-state index contributed by atoms with van der Waals surface area (Å²) in [6, 6.07) is 4.39. The molecule has 0 aliphatic heterocycles. The summed E-state index contributed by atoms with van der Waals surface area (Å²) in [6.07, 6.45) is 0. The Labute approximate surface area is 95.3 Å². The van der Waals surface area contributed by atoms with Crippen LogP contribution >= 0.6 is 0 Å². The number of nitrogens with zero attached hydrogens (tertiary/aromatic N) is 2. The number of phenols is 1. The van der Waals surface area contributed by atoms with Crippen LogP contribution in [0, 0.1) is 0 Å². The van der Waals surface area contributed by atoms with Crippen molar-refractivity contribution < 1.29 is 24.3 Å². The van der Waals surface area contributed by atoms with Crippen LogP contribution in [0.1, 0.15) is 10.7 Å². The van der Waals surface area contributed by atoms with Gasteiger partial charge < -0.3 is 19.5 Å². The monoisotopic (exact) mass is 236 g/mol. The number of benzene rings is 1. The Morgan fingerprint density at radius 1 is 1.47 bits per heavy atom. The molecule has 2 N–H and O–H groups in total. The minimum atomic E-state index is -1.30. The van der Waals surface area contributed by atoms with Gasteiger partial charge in [0.05, 0.1) is 7.11 Å². The Bertz CT molecular complexity index is 564. The van der Waals surface area contributed by atoms with Gasteiger partial charge >= 0.3 is 11.9 Å². The zero-order valence-corrected chi connectivity index (χ0v) is 8.75. The standard InChI is InChI=1S/C10H8N2O5/c1-16-7-4-5(2-3-6(7)13)8-11-9(10(14)15)17-12-8/h2-4,13H,1H3,(H,14,15). The Balaban J connectivity index is 2.42. The van der Waals surface area contributed by atoms with E-state index in [2.05, 4.69) is 14.7 Å². The van der Waals surface area contributed by atoms with Gasteiger partial charge in [0.1, 0.15) is 0 Å². The molecule has 1 aromatic carbocycles. The molecule has 0 aliphatic rings. The Morgan fingerprint density at radius 2 is 2.24 bits per heavy atom. The van der Waals surface area contributed by atoms with Gasteiger partial charge in [-0.25, -0.2) is 4.79 Å². The first-order valence-corrected chi connectivity index (χ1v) is 4.56. The van der Waals surface area contributed by atoms with Crippen LogP contribution < -0.4 is 4.74 Å². The molecule has 1 heterocycles. The largest absolute Gasteiger partial charge is 0.504 e. The number of aromatic hydroxyl groups is 1. The van der Waals surface area contributed by atoms with Crippen LogP contribution in [0.25, 0.3) is 11.4 Å². The number of ether oxygens (including phenoxy) is 1. The Morgan fingerprint density at radius 3 is 2.82 bits per heavy atom. The lowest BCUT2D eigenvalue weighted by atomic mass is 10.2. The fourth-order valence-electron chi connectivity index (χ4n) is 1.24. The molecule has 0 amide bonds. The molecule has 7 nitrogen and oxygen atoms in total. The van der Waals surface area contributed by atoms with Crippen molar-refractivity contribution >= 4 is 5.97 Å². The third-order valence-corrected chi connectivity index (χ3v) is 2.05. The first kappa shape index (κ1) is 10.9. The van der Waals surface area contributed by atoms with Crippen molar-refractivity contribution in [3.05, 3.63) is 24.1 Å². The van der Waals surface area contributed by atoms with E-state index in [4.69, 9.17) is 9.84 Å². The zero-order valence-electron chi connectivity index (χ0n) is 8.75.